The second kappa shape index (κ2) is 9.82. The molecule has 1 aromatic heterocycles. The number of hydrogen-bond donors (Lipinski definition) is 1. The second-order valence-corrected chi connectivity index (χ2v) is 9.90. The van der Waals surface area contributed by atoms with Gasteiger partial charge in [0.15, 0.2) is 0 Å². The van der Waals surface area contributed by atoms with E-state index in [1.165, 1.54) is 11.4 Å². The number of ether oxygens (including phenoxy) is 2. The first-order valence-electron chi connectivity index (χ1n) is 10.8. The largest absolute Gasteiger partial charge is 0.497 e. The molecule has 1 saturated heterocycles. The minimum absolute atomic E-state index is 0.0347. The highest BCUT2D eigenvalue weighted by Crippen LogP contribution is 2.33. The van der Waals surface area contributed by atoms with Crippen LogP contribution in [-0.2, 0) is 14.8 Å². The van der Waals surface area contributed by atoms with Crippen LogP contribution in [0.2, 0.25) is 0 Å². The van der Waals surface area contributed by atoms with Crippen LogP contribution in [0.1, 0.15) is 18.4 Å². The van der Waals surface area contributed by atoms with Crippen molar-refractivity contribution < 1.29 is 27.1 Å². The summed E-state index contributed by atoms with van der Waals surface area (Å²) in [6.07, 6.45) is 0.786. The number of carbonyl (C=O) groups is 1. The summed E-state index contributed by atoms with van der Waals surface area (Å²) in [4.78, 5) is 13.0. The lowest BCUT2D eigenvalue weighted by Gasteiger charge is -2.30. The second-order valence-electron chi connectivity index (χ2n) is 7.96. The summed E-state index contributed by atoms with van der Waals surface area (Å²) in [6, 6.07) is 11.9. The van der Waals surface area contributed by atoms with Crippen LogP contribution in [0, 0.1) is 12.8 Å². The number of carbonyl (C=O) groups excluding carboxylic acids is 1. The van der Waals surface area contributed by atoms with Crippen molar-refractivity contribution in [1.82, 2.24) is 14.5 Å². The van der Waals surface area contributed by atoms with Crippen molar-refractivity contribution in [2.24, 2.45) is 5.92 Å². The highest BCUT2D eigenvalue weighted by Gasteiger charge is 2.32. The normalized spacial score (nSPS) is 15.1. The molecule has 2 aromatic carbocycles. The van der Waals surface area contributed by atoms with Gasteiger partial charge in [0.2, 0.25) is 15.9 Å². The first-order valence-corrected chi connectivity index (χ1v) is 12.2. The molecule has 10 nitrogen and oxygen atoms in total. The van der Waals surface area contributed by atoms with Gasteiger partial charge in [0.05, 0.1) is 24.7 Å². The van der Waals surface area contributed by atoms with Crippen LogP contribution in [0.25, 0.3) is 11.5 Å². The van der Waals surface area contributed by atoms with Gasteiger partial charge in [-0.1, -0.05) is 22.8 Å². The number of aryl methyl sites for hydroxylation is 1. The summed E-state index contributed by atoms with van der Waals surface area (Å²) >= 11 is 0. The van der Waals surface area contributed by atoms with Crippen molar-refractivity contribution in [2.45, 2.75) is 24.7 Å². The molecule has 2 heterocycles. The van der Waals surface area contributed by atoms with Crippen LogP contribution in [0.5, 0.6) is 11.5 Å². The zero-order valence-corrected chi connectivity index (χ0v) is 20.0. The van der Waals surface area contributed by atoms with E-state index in [1.54, 1.807) is 49.6 Å². The van der Waals surface area contributed by atoms with E-state index >= 15 is 0 Å². The van der Waals surface area contributed by atoms with Crippen molar-refractivity contribution in [2.75, 3.05) is 32.6 Å². The van der Waals surface area contributed by atoms with Crippen LogP contribution >= 0.6 is 0 Å². The van der Waals surface area contributed by atoms with Crippen LogP contribution in [0.3, 0.4) is 0 Å². The predicted molar refractivity (Wildman–Crippen MR) is 124 cm³/mol. The molecule has 0 unspecified atom stereocenters. The fourth-order valence-electron chi connectivity index (χ4n) is 3.78. The molecule has 0 aliphatic carbocycles. The van der Waals surface area contributed by atoms with Gasteiger partial charge in [-0.3, -0.25) is 10.1 Å². The summed E-state index contributed by atoms with van der Waals surface area (Å²) < 4.78 is 43.3. The molecule has 180 valence electrons. The summed E-state index contributed by atoms with van der Waals surface area (Å²) in [5.74, 6) is 0.640. The zero-order valence-electron chi connectivity index (χ0n) is 19.1. The Morgan fingerprint density at radius 3 is 2.41 bits per heavy atom. The van der Waals surface area contributed by atoms with E-state index in [4.69, 9.17) is 13.9 Å². The lowest BCUT2D eigenvalue weighted by Crippen LogP contribution is -2.41. The topological polar surface area (TPSA) is 124 Å². The zero-order chi connectivity index (χ0) is 24.3. The number of rotatable bonds is 7. The van der Waals surface area contributed by atoms with Gasteiger partial charge in [-0.2, -0.15) is 4.31 Å². The molecular weight excluding hydrogens is 460 g/mol. The highest BCUT2D eigenvalue weighted by atomic mass is 32.2. The Labute approximate surface area is 197 Å². The van der Waals surface area contributed by atoms with Crippen molar-refractivity contribution in [3.05, 3.63) is 48.0 Å². The molecule has 4 rings (SSSR count). The number of nitrogens with zero attached hydrogens (tertiary/aromatic N) is 3. The molecule has 0 saturated carbocycles. The smallest absolute Gasteiger partial charge is 0.322 e. The maximum absolute atomic E-state index is 12.9. The van der Waals surface area contributed by atoms with Crippen molar-refractivity contribution >= 4 is 21.9 Å². The lowest BCUT2D eigenvalue weighted by molar-refractivity contribution is -0.121. The Balaban J connectivity index is 1.38. The average molecular weight is 487 g/mol. The van der Waals surface area contributed by atoms with Gasteiger partial charge in [0.1, 0.15) is 11.5 Å². The van der Waals surface area contributed by atoms with E-state index < -0.39 is 10.0 Å². The number of methoxy groups -OCH3 is 2. The number of benzene rings is 2. The van der Waals surface area contributed by atoms with E-state index in [-0.39, 0.29) is 41.7 Å². The Bertz CT molecular complexity index is 1260. The third kappa shape index (κ3) is 4.90. The number of aromatic nitrogens is 2. The van der Waals surface area contributed by atoms with Crippen molar-refractivity contribution in [1.29, 1.82) is 0 Å². The van der Waals surface area contributed by atoms with Gasteiger partial charge in [-0.05, 0) is 44.0 Å². The summed E-state index contributed by atoms with van der Waals surface area (Å²) in [5, 5.41) is 10.5. The maximum atomic E-state index is 12.9. The molecule has 1 aliphatic heterocycles. The Morgan fingerprint density at radius 1 is 1.06 bits per heavy atom. The van der Waals surface area contributed by atoms with Gasteiger partial charge < -0.3 is 13.9 Å². The summed E-state index contributed by atoms with van der Waals surface area (Å²) in [6.45, 7) is 2.42. The first kappa shape index (κ1) is 23.7. The van der Waals surface area contributed by atoms with E-state index in [2.05, 4.69) is 15.5 Å². The van der Waals surface area contributed by atoms with Crippen molar-refractivity contribution in [3.8, 4) is 23.0 Å². The van der Waals surface area contributed by atoms with Crippen molar-refractivity contribution in [3.63, 3.8) is 0 Å². The molecule has 3 aromatic rings. The van der Waals surface area contributed by atoms with E-state index in [9.17, 15) is 13.2 Å². The van der Waals surface area contributed by atoms with E-state index in [0.29, 0.717) is 29.9 Å². The van der Waals surface area contributed by atoms with Gasteiger partial charge >= 0.3 is 6.01 Å². The van der Waals surface area contributed by atoms with E-state index in [1.807, 2.05) is 6.92 Å². The molecule has 0 radical (unpaired) electrons. The standard InChI is InChI=1S/C23H26N4O6S/c1-15-4-7-18(8-5-15)34(29,30)27-12-10-16(11-13-27)21(28)24-23-26-25-22(33-23)19-9-6-17(31-2)14-20(19)32-3/h4-9,14,16H,10-13H2,1-3H3,(H,24,26,28). The maximum Gasteiger partial charge on any atom is 0.322 e. The molecule has 11 heteroatoms. The van der Waals surface area contributed by atoms with Crippen LogP contribution < -0.4 is 14.8 Å². The molecule has 0 bridgehead atoms. The van der Waals surface area contributed by atoms with Gasteiger partial charge in [0.25, 0.3) is 5.89 Å². The quantitative estimate of drug-likeness (QED) is 0.540. The average Bonchev–Trinajstić information content (AvgIpc) is 3.32. The Hall–Kier alpha value is -3.44. The van der Waals surface area contributed by atoms with Crippen LogP contribution in [-0.4, -0.2) is 56.1 Å². The highest BCUT2D eigenvalue weighted by molar-refractivity contribution is 7.89. The van der Waals surface area contributed by atoms with E-state index in [0.717, 1.165) is 5.56 Å². The molecule has 0 spiro atoms. The number of hydrogen-bond acceptors (Lipinski definition) is 8. The fraction of sp³-hybridized carbons (Fsp3) is 0.348. The third-order valence-electron chi connectivity index (χ3n) is 5.78. The molecule has 1 N–H and O–H groups in total. The molecule has 1 fully saturated rings. The molecule has 1 amide bonds. The fourth-order valence-corrected chi connectivity index (χ4v) is 5.25. The SMILES string of the molecule is COc1ccc(-c2nnc(NC(=O)C3CCN(S(=O)(=O)c4ccc(C)cc4)CC3)o2)c(OC)c1. The van der Waals surface area contributed by atoms with Gasteiger partial charge in [0, 0.05) is 25.1 Å². The Kier molecular flexibility index (Phi) is 6.85. The van der Waals surface area contributed by atoms with Gasteiger partial charge in [-0.15, -0.1) is 5.10 Å². The number of piperidine rings is 1. The van der Waals surface area contributed by atoms with Crippen LogP contribution in [0.15, 0.2) is 51.8 Å². The first-order chi connectivity index (χ1) is 16.3. The van der Waals surface area contributed by atoms with Gasteiger partial charge in [-0.25, -0.2) is 8.42 Å². The van der Waals surface area contributed by atoms with Crippen LogP contribution in [0.4, 0.5) is 6.01 Å². The molecular formula is C23H26N4O6S. The third-order valence-corrected chi connectivity index (χ3v) is 7.69. The lowest BCUT2D eigenvalue weighted by atomic mass is 9.97. The minimum atomic E-state index is -3.59. The number of nitrogens with one attached hydrogen (secondary N) is 1. The monoisotopic (exact) mass is 486 g/mol. The molecule has 0 atom stereocenters. The predicted octanol–water partition coefficient (Wildman–Crippen LogP) is 3.10. The number of amides is 1. The Morgan fingerprint density at radius 2 is 1.76 bits per heavy atom. The molecule has 1 aliphatic rings. The summed E-state index contributed by atoms with van der Waals surface area (Å²) in [5.41, 5.74) is 1.55. The number of sulfonamides is 1. The summed E-state index contributed by atoms with van der Waals surface area (Å²) in [7, 11) is -0.516. The molecule has 34 heavy (non-hydrogen) atoms. The number of anilines is 1. The minimum Gasteiger partial charge on any atom is -0.497 e.